The van der Waals surface area contributed by atoms with E-state index in [1.807, 2.05) is 38.4 Å². The summed E-state index contributed by atoms with van der Waals surface area (Å²) in [4.78, 5) is 19.1. The Morgan fingerprint density at radius 2 is 0.963 bits per heavy atom. The highest BCUT2D eigenvalue weighted by Crippen LogP contribution is 2.27. The van der Waals surface area contributed by atoms with E-state index in [2.05, 4.69) is 129 Å². The summed E-state index contributed by atoms with van der Waals surface area (Å²) >= 11 is 4.69. The van der Waals surface area contributed by atoms with Crippen LogP contribution in [0.1, 0.15) is 47.2 Å². The van der Waals surface area contributed by atoms with E-state index in [0.29, 0.717) is 12.2 Å². The monoisotopic (exact) mass is 954 g/mol. The third kappa shape index (κ3) is 13.3. The fourth-order valence-electron chi connectivity index (χ4n) is 6.17. The molecule has 0 saturated carbocycles. The number of hydrogen-bond acceptors (Lipinski definition) is 4. The number of halogens is 4. The Morgan fingerprint density at radius 3 is 1.30 bits per heavy atom. The number of nitrogens with one attached hydrogen (secondary N) is 2. The average molecular weight is 955 g/mol. The lowest BCUT2D eigenvalue weighted by Gasteiger charge is -2.17. The van der Waals surface area contributed by atoms with Gasteiger partial charge in [0.2, 0.25) is 0 Å². The Hall–Kier alpha value is -4.24. The van der Waals surface area contributed by atoms with Crippen molar-refractivity contribution in [2.45, 2.75) is 37.8 Å². The molecule has 10 heteroatoms. The number of carbonyl (C=O) groups is 2. The largest absolute Gasteiger partial charge is 0.478 e. The SMILES string of the molecule is CNC(CCc1cccc2cc(I)ccc12)c1ccc(F)cc1.CNC(CCc1cccc2cc(I)ccc12)c1ccc(F)cc1.O=C(O)/C=C\C(=O)O. The first kappa shape index (κ1) is 42.5. The maximum atomic E-state index is 13.1. The quantitative estimate of drug-likeness (QED) is 0.0721. The molecule has 0 spiro atoms. The average Bonchev–Trinajstić information content (AvgIpc) is 3.16. The smallest absolute Gasteiger partial charge is 0.328 e. The van der Waals surface area contributed by atoms with Gasteiger partial charge >= 0.3 is 11.9 Å². The molecule has 4 N–H and O–H groups in total. The molecule has 6 aromatic carbocycles. The second kappa shape index (κ2) is 21.6. The van der Waals surface area contributed by atoms with Gasteiger partial charge in [-0.25, -0.2) is 18.4 Å². The third-order valence-corrected chi connectivity index (χ3v) is 10.2. The molecule has 54 heavy (non-hydrogen) atoms. The van der Waals surface area contributed by atoms with E-state index in [0.717, 1.165) is 36.8 Å². The highest BCUT2D eigenvalue weighted by molar-refractivity contribution is 14.1. The molecule has 0 aliphatic carbocycles. The van der Waals surface area contributed by atoms with Crippen LogP contribution in [0.5, 0.6) is 0 Å². The number of carboxylic acids is 2. The highest BCUT2D eigenvalue weighted by atomic mass is 127. The Balaban J connectivity index is 0.000000201. The predicted octanol–water partition coefficient (Wildman–Crippen LogP) is 10.7. The second-order valence-corrected chi connectivity index (χ2v) is 14.9. The van der Waals surface area contributed by atoms with Gasteiger partial charge in [-0.05, 0) is 177 Å². The summed E-state index contributed by atoms with van der Waals surface area (Å²) in [5, 5.41) is 27.5. The Bertz CT molecular complexity index is 2020. The maximum Gasteiger partial charge on any atom is 0.328 e. The molecular weight excluding hydrogens is 912 g/mol. The van der Waals surface area contributed by atoms with Crippen LogP contribution in [-0.2, 0) is 22.4 Å². The molecule has 6 aromatic rings. The zero-order valence-corrected chi connectivity index (χ0v) is 34.2. The van der Waals surface area contributed by atoms with E-state index in [1.165, 1.54) is 64.1 Å². The molecule has 0 bridgehead atoms. The minimum Gasteiger partial charge on any atom is -0.478 e. The van der Waals surface area contributed by atoms with Crippen LogP contribution < -0.4 is 10.6 Å². The van der Waals surface area contributed by atoms with Crippen molar-refractivity contribution < 1.29 is 28.6 Å². The molecule has 0 heterocycles. The number of carboxylic acid groups (broad SMARTS) is 2. The first-order valence-electron chi connectivity index (χ1n) is 17.3. The van der Waals surface area contributed by atoms with Crippen LogP contribution in [0.2, 0.25) is 0 Å². The molecule has 2 unspecified atom stereocenters. The molecule has 0 fully saturated rings. The van der Waals surface area contributed by atoms with Crippen LogP contribution in [0.25, 0.3) is 21.5 Å². The molecule has 0 amide bonds. The highest BCUT2D eigenvalue weighted by Gasteiger charge is 2.12. The van der Waals surface area contributed by atoms with Crippen LogP contribution in [0.15, 0.2) is 133 Å². The molecule has 0 aliphatic heterocycles. The molecule has 0 saturated heterocycles. The lowest BCUT2D eigenvalue weighted by Crippen LogP contribution is -2.17. The molecule has 280 valence electrons. The van der Waals surface area contributed by atoms with Crippen molar-refractivity contribution in [1.82, 2.24) is 10.6 Å². The summed E-state index contributed by atoms with van der Waals surface area (Å²) in [5.41, 5.74) is 4.98. The summed E-state index contributed by atoms with van der Waals surface area (Å²) in [5.74, 6) is -2.89. The normalized spacial score (nSPS) is 12.0. The van der Waals surface area contributed by atoms with Crippen LogP contribution >= 0.6 is 45.2 Å². The lowest BCUT2D eigenvalue weighted by molar-refractivity contribution is -0.134. The zero-order valence-electron chi connectivity index (χ0n) is 29.9. The summed E-state index contributed by atoms with van der Waals surface area (Å²) < 4.78 is 28.7. The van der Waals surface area contributed by atoms with E-state index < -0.39 is 11.9 Å². The standard InChI is InChI=1S/2C20H19FIN.C4H4O4/c2*1-23-20(15-5-8-17(21)9-6-15)12-7-14-3-2-4-16-13-18(22)10-11-19(14)16;5-3(6)1-2-4(7)8/h2*2-6,8-11,13,20,23H,7,12H2,1H3;1-2H,(H,5,6)(H,7,8)/b;;2-1-. The van der Waals surface area contributed by atoms with Gasteiger partial charge in [0.15, 0.2) is 0 Å². The van der Waals surface area contributed by atoms with Crippen molar-refractivity contribution in [1.29, 1.82) is 0 Å². The van der Waals surface area contributed by atoms with Crippen molar-refractivity contribution >= 4 is 78.7 Å². The van der Waals surface area contributed by atoms with Crippen molar-refractivity contribution in [2.24, 2.45) is 0 Å². The van der Waals surface area contributed by atoms with Crippen molar-refractivity contribution in [2.75, 3.05) is 14.1 Å². The summed E-state index contributed by atoms with van der Waals surface area (Å²) in [6.45, 7) is 0. The lowest BCUT2D eigenvalue weighted by atomic mass is 9.96. The third-order valence-electron chi connectivity index (χ3n) is 8.88. The minimum atomic E-state index is -1.26. The summed E-state index contributed by atoms with van der Waals surface area (Å²) in [6, 6.07) is 40.2. The Kier molecular flexibility index (Phi) is 17.0. The first-order valence-corrected chi connectivity index (χ1v) is 19.5. The number of hydrogen-bond donors (Lipinski definition) is 4. The maximum absolute atomic E-state index is 13.1. The summed E-state index contributed by atoms with van der Waals surface area (Å²) in [6.07, 6.45) is 5.05. The fourth-order valence-corrected chi connectivity index (χ4v) is 7.20. The molecule has 2 atom stereocenters. The Labute approximate surface area is 342 Å². The molecule has 0 aromatic heterocycles. The van der Waals surface area contributed by atoms with Gasteiger partial charge in [-0.15, -0.1) is 0 Å². The van der Waals surface area contributed by atoms with Gasteiger partial charge in [0.05, 0.1) is 0 Å². The first-order chi connectivity index (χ1) is 26.0. The number of fused-ring (bicyclic) bond motifs is 2. The molecule has 6 rings (SSSR count). The van der Waals surface area contributed by atoms with Crippen LogP contribution in [0.4, 0.5) is 8.78 Å². The van der Waals surface area contributed by atoms with E-state index >= 15 is 0 Å². The van der Waals surface area contributed by atoms with Gasteiger partial charge < -0.3 is 20.8 Å². The molecular formula is C44H42F2I2N2O4. The summed E-state index contributed by atoms with van der Waals surface area (Å²) in [7, 11) is 3.92. The van der Waals surface area contributed by atoms with Gasteiger partial charge in [0.25, 0.3) is 0 Å². The van der Waals surface area contributed by atoms with E-state index in [1.54, 1.807) is 0 Å². The predicted molar refractivity (Wildman–Crippen MR) is 231 cm³/mol. The number of aliphatic carboxylic acids is 2. The second-order valence-electron chi connectivity index (χ2n) is 12.4. The van der Waals surface area contributed by atoms with Crippen molar-refractivity contribution in [3.05, 3.63) is 175 Å². The van der Waals surface area contributed by atoms with E-state index in [-0.39, 0.29) is 23.7 Å². The van der Waals surface area contributed by atoms with E-state index in [4.69, 9.17) is 10.2 Å². The van der Waals surface area contributed by atoms with Gasteiger partial charge in [0.1, 0.15) is 11.6 Å². The molecule has 0 aliphatic rings. The Morgan fingerprint density at radius 1 is 0.593 bits per heavy atom. The van der Waals surface area contributed by atoms with Crippen molar-refractivity contribution in [3.63, 3.8) is 0 Å². The topological polar surface area (TPSA) is 98.7 Å². The van der Waals surface area contributed by atoms with Crippen molar-refractivity contribution in [3.8, 4) is 0 Å². The fraction of sp³-hybridized carbons (Fsp3) is 0.182. The van der Waals surface area contributed by atoms with Crippen LogP contribution in [-0.4, -0.2) is 36.2 Å². The minimum absolute atomic E-state index is 0.188. The number of benzene rings is 6. The molecule has 6 nitrogen and oxygen atoms in total. The van der Waals surface area contributed by atoms with Gasteiger partial charge in [-0.1, -0.05) is 72.8 Å². The van der Waals surface area contributed by atoms with E-state index in [9.17, 15) is 18.4 Å². The number of aryl methyl sites for hydroxylation is 2. The van der Waals surface area contributed by atoms with Crippen LogP contribution in [0, 0.1) is 18.8 Å². The molecule has 0 radical (unpaired) electrons. The van der Waals surface area contributed by atoms with Crippen LogP contribution in [0.3, 0.4) is 0 Å². The van der Waals surface area contributed by atoms with Gasteiger partial charge in [-0.3, -0.25) is 0 Å². The number of rotatable bonds is 12. The van der Waals surface area contributed by atoms with Gasteiger partial charge in [-0.2, -0.15) is 0 Å². The zero-order chi connectivity index (χ0) is 39.0. The van der Waals surface area contributed by atoms with Gasteiger partial charge in [0, 0.05) is 31.4 Å².